The van der Waals surface area contributed by atoms with Crippen LogP contribution in [0, 0.1) is 5.82 Å². The molecule has 0 saturated carbocycles. The predicted molar refractivity (Wildman–Crippen MR) is 80.7 cm³/mol. The number of anilines is 1. The summed E-state index contributed by atoms with van der Waals surface area (Å²) in [5.41, 5.74) is 0.630. The average Bonchev–Trinajstić information content (AvgIpc) is 2.83. The van der Waals surface area contributed by atoms with Gasteiger partial charge < -0.3 is 4.90 Å². The van der Waals surface area contributed by atoms with E-state index in [0.717, 1.165) is 28.8 Å². The first-order valence-electron chi connectivity index (χ1n) is 6.55. The second-order valence-corrected chi connectivity index (χ2v) is 5.97. The van der Waals surface area contributed by atoms with E-state index in [-0.39, 0.29) is 5.82 Å². The van der Waals surface area contributed by atoms with Crippen LogP contribution in [-0.2, 0) is 0 Å². The van der Waals surface area contributed by atoms with Crippen LogP contribution >= 0.6 is 15.9 Å². The van der Waals surface area contributed by atoms with Crippen molar-refractivity contribution in [3.8, 4) is 0 Å². The number of hydrogen-bond donors (Lipinski definition) is 0. The molecular weight excluding hydrogens is 337 g/mol. The largest absolute Gasteiger partial charge is 0.352 e. The standard InChI is InChI=1S/C14H11BrFN5/c15-9-4-19-21(5-9)11-6-20(7-11)14-12-2-1-10(16)3-13(12)17-8-18-14/h1-5,8,11H,6-7H2. The molecule has 1 aromatic carbocycles. The normalized spacial score (nSPS) is 15.4. The Labute approximate surface area is 128 Å². The maximum absolute atomic E-state index is 13.3. The van der Waals surface area contributed by atoms with Crippen molar-refractivity contribution >= 4 is 32.7 Å². The molecule has 0 atom stereocenters. The molecule has 0 bridgehead atoms. The van der Waals surface area contributed by atoms with Gasteiger partial charge in [-0.25, -0.2) is 14.4 Å². The van der Waals surface area contributed by atoms with Crippen LogP contribution in [0.1, 0.15) is 6.04 Å². The minimum Gasteiger partial charge on any atom is -0.352 e. The fourth-order valence-corrected chi connectivity index (χ4v) is 2.88. The number of hydrogen-bond acceptors (Lipinski definition) is 4. The highest BCUT2D eigenvalue weighted by Crippen LogP contribution is 2.31. The third-order valence-corrected chi connectivity index (χ3v) is 4.09. The van der Waals surface area contributed by atoms with Crippen LogP contribution < -0.4 is 4.90 Å². The van der Waals surface area contributed by atoms with E-state index in [0.29, 0.717) is 11.6 Å². The van der Waals surface area contributed by atoms with Gasteiger partial charge >= 0.3 is 0 Å². The van der Waals surface area contributed by atoms with Gasteiger partial charge in [-0.05, 0) is 28.1 Å². The maximum Gasteiger partial charge on any atom is 0.140 e. The van der Waals surface area contributed by atoms with E-state index < -0.39 is 0 Å². The molecule has 1 aliphatic heterocycles. The van der Waals surface area contributed by atoms with Crippen LogP contribution in [0.4, 0.5) is 10.2 Å². The Bertz CT molecular complexity index is 812. The van der Waals surface area contributed by atoms with Gasteiger partial charge in [-0.3, -0.25) is 4.68 Å². The highest BCUT2D eigenvalue weighted by Gasteiger charge is 2.30. The number of benzene rings is 1. The van der Waals surface area contributed by atoms with Crippen LogP contribution in [0.3, 0.4) is 0 Å². The number of aromatic nitrogens is 4. The molecule has 106 valence electrons. The summed E-state index contributed by atoms with van der Waals surface area (Å²) >= 11 is 3.40. The van der Waals surface area contributed by atoms with Crippen molar-refractivity contribution in [2.45, 2.75) is 6.04 Å². The number of halogens is 2. The zero-order valence-electron chi connectivity index (χ0n) is 10.9. The molecule has 0 aliphatic carbocycles. The summed E-state index contributed by atoms with van der Waals surface area (Å²) in [6, 6.07) is 4.94. The Morgan fingerprint density at radius 3 is 2.86 bits per heavy atom. The molecule has 0 unspecified atom stereocenters. The van der Waals surface area contributed by atoms with E-state index in [1.54, 1.807) is 12.3 Å². The SMILES string of the molecule is Fc1ccc2c(N3CC(n4cc(Br)cn4)C3)ncnc2c1. The van der Waals surface area contributed by atoms with Gasteiger partial charge in [-0.2, -0.15) is 5.10 Å². The van der Waals surface area contributed by atoms with Crippen LogP contribution in [0.15, 0.2) is 41.4 Å². The second kappa shape index (κ2) is 4.77. The van der Waals surface area contributed by atoms with E-state index >= 15 is 0 Å². The van der Waals surface area contributed by atoms with E-state index in [1.807, 2.05) is 10.9 Å². The number of nitrogens with zero attached hydrogens (tertiary/aromatic N) is 5. The first kappa shape index (κ1) is 12.7. The molecule has 21 heavy (non-hydrogen) atoms. The number of fused-ring (bicyclic) bond motifs is 1. The van der Waals surface area contributed by atoms with E-state index in [1.165, 1.54) is 18.5 Å². The molecule has 5 nitrogen and oxygen atoms in total. The van der Waals surface area contributed by atoms with Crippen LogP contribution in [0.25, 0.3) is 10.9 Å². The van der Waals surface area contributed by atoms with Crippen molar-refractivity contribution in [3.05, 3.63) is 47.2 Å². The van der Waals surface area contributed by atoms with Gasteiger partial charge in [0.1, 0.15) is 18.0 Å². The Morgan fingerprint density at radius 2 is 2.10 bits per heavy atom. The molecule has 3 heterocycles. The quantitative estimate of drug-likeness (QED) is 0.715. The van der Waals surface area contributed by atoms with Gasteiger partial charge in [0.25, 0.3) is 0 Å². The minimum atomic E-state index is -0.282. The van der Waals surface area contributed by atoms with Gasteiger partial charge in [-0.1, -0.05) is 0 Å². The smallest absolute Gasteiger partial charge is 0.140 e. The minimum absolute atomic E-state index is 0.282. The average molecular weight is 348 g/mol. The third kappa shape index (κ3) is 2.17. The first-order chi connectivity index (χ1) is 10.2. The molecule has 1 saturated heterocycles. The summed E-state index contributed by atoms with van der Waals surface area (Å²) in [7, 11) is 0. The summed E-state index contributed by atoms with van der Waals surface area (Å²) in [6.07, 6.45) is 5.23. The topological polar surface area (TPSA) is 46.8 Å². The second-order valence-electron chi connectivity index (χ2n) is 5.06. The van der Waals surface area contributed by atoms with Crippen molar-refractivity contribution < 1.29 is 4.39 Å². The maximum atomic E-state index is 13.3. The van der Waals surface area contributed by atoms with Crippen molar-refractivity contribution in [2.75, 3.05) is 18.0 Å². The molecule has 7 heteroatoms. The third-order valence-electron chi connectivity index (χ3n) is 3.68. The van der Waals surface area contributed by atoms with Crippen LogP contribution in [-0.4, -0.2) is 32.8 Å². The molecular formula is C14H11BrFN5. The molecule has 1 fully saturated rings. The van der Waals surface area contributed by atoms with Crippen molar-refractivity contribution in [1.29, 1.82) is 0 Å². The van der Waals surface area contributed by atoms with Gasteiger partial charge in [0, 0.05) is 30.7 Å². The highest BCUT2D eigenvalue weighted by atomic mass is 79.9. The Hall–Kier alpha value is -2.02. The van der Waals surface area contributed by atoms with Gasteiger partial charge in [0.2, 0.25) is 0 Å². The Kier molecular flexibility index (Phi) is 2.88. The fourth-order valence-electron chi connectivity index (χ4n) is 2.58. The van der Waals surface area contributed by atoms with E-state index in [4.69, 9.17) is 0 Å². The lowest BCUT2D eigenvalue weighted by atomic mass is 10.1. The zero-order chi connectivity index (χ0) is 14.4. The summed E-state index contributed by atoms with van der Waals surface area (Å²) in [6.45, 7) is 1.66. The Balaban J connectivity index is 1.61. The molecule has 0 N–H and O–H groups in total. The highest BCUT2D eigenvalue weighted by molar-refractivity contribution is 9.10. The van der Waals surface area contributed by atoms with Crippen molar-refractivity contribution in [1.82, 2.24) is 19.7 Å². The molecule has 0 amide bonds. The summed E-state index contributed by atoms with van der Waals surface area (Å²) < 4.78 is 16.2. The molecule has 4 rings (SSSR count). The molecule has 0 spiro atoms. The lowest BCUT2D eigenvalue weighted by Crippen LogP contribution is -2.48. The molecule has 0 radical (unpaired) electrons. The van der Waals surface area contributed by atoms with Gasteiger partial charge in [0.05, 0.1) is 22.2 Å². The van der Waals surface area contributed by atoms with Crippen molar-refractivity contribution in [3.63, 3.8) is 0 Å². The molecule has 1 aliphatic rings. The van der Waals surface area contributed by atoms with E-state index in [2.05, 4.69) is 35.9 Å². The summed E-state index contributed by atoms with van der Waals surface area (Å²) in [4.78, 5) is 10.6. The van der Waals surface area contributed by atoms with Crippen molar-refractivity contribution in [2.24, 2.45) is 0 Å². The summed E-state index contributed by atoms with van der Waals surface area (Å²) in [5.74, 6) is 0.567. The van der Waals surface area contributed by atoms with Crippen LogP contribution in [0.5, 0.6) is 0 Å². The van der Waals surface area contributed by atoms with Gasteiger partial charge in [-0.15, -0.1) is 0 Å². The first-order valence-corrected chi connectivity index (χ1v) is 7.35. The van der Waals surface area contributed by atoms with Crippen LogP contribution in [0.2, 0.25) is 0 Å². The monoisotopic (exact) mass is 347 g/mol. The fraction of sp³-hybridized carbons (Fsp3) is 0.214. The zero-order valence-corrected chi connectivity index (χ0v) is 12.5. The number of rotatable bonds is 2. The lowest BCUT2D eigenvalue weighted by molar-refractivity contribution is 0.366. The molecule has 3 aromatic rings. The Morgan fingerprint density at radius 1 is 1.24 bits per heavy atom. The lowest BCUT2D eigenvalue weighted by Gasteiger charge is -2.40. The van der Waals surface area contributed by atoms with Gasteiger partial charge in [0.15, 0.2) is 0 Å². The summed E-state index contributed by atoms with van der Waals surface area (Å²) in [5, 5.41) is 5.17. The van der Waals surface area contributed by atoms with E-state index in [9.17, 15) is 4.39 Å². The molecule has 2 aromatic heterocycles. The predicted octanol–water partition coefficient (Wildman–Crippen LogP) is 2.79.